The van der Waals surface area contributed by atoms with Crippen LogP contribution < -0.4 is 10.7 Å². The van der Waals surface area contributed by atoms with E-state index in [1.165, 1.54) is 5.01 Å². The van der Waals surface area contributed by atoms with Crippen LogP contribution in [0.3, 0.4) is 0 Å². The third-order valence-electron chi connectivity index (χ3n) is 3.81. The summed E-state index contributed by atoms with van der Waals surface area (Å²) < 4.78 is 0. The molecule has 3 aromatic carbocycles. The van der Waals surface area contributed by atoms with Crippen molar-refractivity contribution in [3.8, 4) is 0 Å². The van der Waals surface area contributed by atoms with Crippen molar-refractivity contribution in [1.82, 2.24) is 0 Å². The third-order valence-corrected chi connectivity index (χ3v) is 4.39. The molecule has 0 amide bonds. The molecule has 0 aliphatic rings. The Morgan fingerprint density at radius 2 is 1.79 bits per heavy atom. The van der Waals surface area contributed by atoms with Crippen molar-refractivity contribution in [2.24, 2.45) is 10.8 Å². The lowest BCUT2D eigenvalue weighted by molar-refractivity contribution is 1.12. The van der Waals surface area contributed by atoms with Crippen molar-refractivity contribution in [3.63, 3.8) is 0 Å². The van der Waals surface area contributed by atoms with Gasteiger partial charge in [0.25, 0.3) is 0 Å². The highest BCUT2D eigenvalue weighted by atomic mass is 35.5. The maximum Gasteiger partial charge on any atom is 0.191 e. The molecule has 0 atom stereocenters. The predicted octanol–water partition coefficient (Wildman–Crippen LogP) is 4.89. The average Bonchev–Trinajstić information content (AvgIpc) is 2.58. The van der Waals surface area contributed by atoms with Gasteiger partial charge in [-0.1, -0.05) is 60.1 Å². The van der Waals surface area contributed by atoms with Crippen molar-refractivity contribution in [2.45, 2.75) is 6.92 Å². The Kier molecular flexibility index (Phi) is 4.79. The Morgan fingerprint density at radius 1 is 1.08 bits per heavy atom. The maximum atomic E-state index is 6.20. The van der Waals surface area contributed by atoms with Gasteiger partial charge >= 0.3 is 0 Å². The zero-order chi connectivity index (χ0) is 17.1. The van der Waals surface area contributed by atoms with Crippen LogP contribution in [0.2, 0.25) is 5.02 Å². The fourth-order valence-electron chi connectivity index (χ4n) is 2.55. The van der Waals surface area contributed by atoms with E-state index >= 15 is 0 Å². The van der Waals surface area contributed by atoms with E-state index in [1.807, 2.05) is 49.4 Å². The summed E-state index contributed by atoms with van der Waals surface area (Å²) in [4.78, 5) is 0. The first-order chi connectivity index (χ1) is 11.6. The molecule has 0 fully saturated rings. The van der Waals surface area contributed by atoms with Crippen LogP contribution in [0, 0.1) is 6.92 Å². The Hall–Kier alpha value is -2.43. The molecule has 5 heteroatoms. The van der Waals surface area contributed by atoms with Crippen molar-refractivity contribution >= 4 is 51.6 Å². The highest BCUT2D eigenvalue weighted by molar-refractivity contribution is 7.80. The SMILES string of the molecule is Cc1c(Cl)cccc1N(/N=C\c1cccc2ccccc12)C(N)=S. The van der Waals surface area contributed by atoms with Gasteiger partial charge in [0.15, 0.2) is 5.11 Å². The van der Waals surface area contributed by atoms with Gasteiger partial charge in [-0.05, 0) is 47.6 Å². The number of anilines is 1. The smallest absolute Gasteiger partial charge is 0.191 e. The highest BCUT2D eigenvalue weighted by Crippen LogP contribution is 2.27. The van der Waals surface area contributed by atoms with E-state index in [0.717, 1.165) is 27.6 Å². The van der Waals surface area contributed by atoms with E-state index in [1.54, 1.807) is 6.21 Å². The topological polar surface area (TPSA) is 41.6 Å². The second-order valence-corrected chi connectivity index (χ2v) is 6.17. The number of nitrogens with two attached hydrogens (primary N) is 1. The summed E-state index contributed by atoms with van der Waals surface area (Å²) >= 11 is 11.4. The lowest BCUT2D eigenvalue weighted by atomic mass is 10.1. The largest absolute Gasteiger partial charge is 0.374 e. The van der Waals surface area contributed by atoms with E-state index in [2.05, 4.69) is 23.3 Å². The molecular formula is C19H16ClN3S. The van der Waals surface area contributed by atoms with Gasteiger partial charge in [-0.15, -0.1) is 0 Å². The number of thiocarbonyl (C=S) groups is 1. The first-order valence-electron chi connectivity index (χ1n) is 7.44. The molecule has 0 radical (unpaired) electrons. The lowest BCUT2D eigenvalue weighted by Gasteiger charge is -2.19. The van der Waals surface area contributed by atoms with Crippen LogP contribution in [0.5, 0.6) is 0 Å². The molecular weight excluding hydrogens is 338 g/mol. The molecule has 3 rings (SSSR count). The van der Waals surface area contributed by atoms with Crippen LogP contribution in [0.25, 0.3) is 10.8 Å². The zero-order valence-electron chi connectivity index (χ0n) is 13.1. The van der Waals surface area contributed by atoms with E-state index in [4.69, 9.17) is 29.6 Å². The molecule has 120 valence electrons. The molecule has 0 saturated carbocycles. The first-order valence-corrected chi connectivity index (χ1v) is 8.23. The Balaban J connectivity index is 2.03. The minimum atomic E-state index is 0.164. The lowest BCUT2D eigenvalue weighted by Crippen LogP contribution is -2.31. The summed E-state index contributed by atoms with van der Waals surface area (Å²) in [5.41, 5.74) is 8.51. The summed E-state index contributed by atoms with van der Waals surface area (Å²) in [6.07, 6.45) is 1.77. The first kappa shape index (κ1) is 16.4. The summed E-state index contributed by atoms with van der Waals surface area (Å²) in [6.45, 7) is 1.91. The van der Waals surface area contributed by atoms with Gasteiger partial charge in [0, 0.05) is 10.6 Å². The number of fused-ring (bicyclic) bond motifs is 1. The Bertz CT molecular complexity index is 932. The number of hydrazone groups is 1. The molecule has 0 aliphatic heterocycles. The van der Waals surface area contributed by atoms with Crippen molar-refractivity contribution in [2.75, 3.05) is 5.01 Å². The Labute approximate surface area is 151 Å². The normalized spacial score (nSPS) is 11.1. The number of rotatable bonds is 3. The number of nitrogens with zero attached hydrogens (tertiary/aromatic N) is 2. The average molecular weight is 354 g/mol. The standard InChI is InChI=1S/C19H16ClN3S/c1-13-17(20)10-5-11-18(13)23(19(21)24)22-12-15-8-4-7-14-6-2-3-9-16(14)15/h2-12H,1H3,(H2,21,24)/b22-12-. The molecule has 0 aliphatic carbocycles. The van der Waals surface area contributed by atoms with Gasteiger partial charge < -0.3 is 5.73 Å². The van der Waals surface area contributed by atoms with E-state index in [9.17, 15) is 0 Å². The third kappa shape index (κ3) is 3.25. The van der Waals surface area contributed by atoms with Gasteiger partial charge in [-0.25, -0.2) is 5.01 Å². The number of hydrogen-bond donors (Lipinski definition) is 1. The van der Waals surface area contributed by atoms with E-state index < -0.39 is 0 Å². The van der Waals surface area contributed by atoms with Gasteiger partial charge in [-0.3, -0.25) is 0 Å². The zero-order valence-corrected chi connectivity index (χ0v) is 14.7. The van der Waals surface area contributed by atoms with Crippen molar-refractivity contribution in [1.29, 1.82) is 0 Å². The van der Waals surface area contributed by atoms with Gasteiger partial charge in [0.2, 0.25) is 0 Å². The molecule has 0 spiro atoms. The minimum absolute atomic E-state index is 0.164. The van der Waals surface area contributed by atoms with E-state index in [0.29, 0.717) is 5.02 Å². The molecule has 3 aromatic rings. The molecule has 0 heterocycles. The summed E-state index contributed by atoms with van der Waals surface area (Å²) in [5.74, 6) is 0. The monoisotopic (exact) mass is 353 g/mol. The second-order valence-electron chi connectivity index (χ2n) is 5.35. The minimum Gasteiger partial charge on any atom is -0.374 e. The number of benzene rings is 3. The molecule has 2 N–H and O–H groups in total. The summed E-state index contributed by atoms with van der Waals surface area (Å²) in [7, 11) is 0. The predicted molar refractivity (Wildman–Crippen MR) is 107 cm³/mol. The van der Waals surface area contributed by atoms with Gasteiger partial charge in [-0.2, -0.15) is 5.10 Å². The van der Waals surface area contributed by atoms with Crippen LogP contribution >= 0.6 is 23.8 Å². The maximum absolute atomic E-state index is 6.20. The van der Waals surface area contributed by atoms with Crippen LogP contribution in [-0.2, 0) is 0 Å². The van der Waals surface area contributed by atoms with Crippen LogP contribution in [-0.4, -0.2) is 11.3 Å². The van der Waals surface area contributed by atoms with E-state index in [-0.39, 0.29) is 5.11 Å². The fraction of sp³-hybridized carbons (Fsp3) is 0.0526. The molecule has 24 heavy (non-hydrogen) atoms. The van der Waals surface area contributed by atoms with Crippen molar-refractivity contribution < 1.29 is 0 Å². The Morgan fingerprint density at radius 3 is 2.58 bits per heavy atom. The molecule has 0 aromatic heterocycles. The number of hydrogen-bond acceptors (Lipinski definition) is 2. The fourth-order valence-corrected chi connectivity index (χ4v) is 2.86. The van der Waals surface area contributed by atoms with Gasteiger partial charge in [0.1, 0.15) is 0 Å². The number of halogens is 1. The molecule has 0 bridgehead atoms. The molecule has 3 nitrogen and oxygen atoms in total. The molecule has 0 unspecified atom stereocenters. The summed E-state index contributed by atoms with van der Waals surface area (Å²) in [6, 6.07) is 19.8. The molecule has 0 saturated heterocycles. The van der Waals surface area contributed by atoms with Gasteiger partial charge in [0.05, 0.1) is 11.9 Å². The summed E-state index contributed by atoms with van der Waals surface area (Å²) in [5, 5.41) is 9.11. The highest BCUT2D eigenvalue weighted by Gasteiger charge is 2.12. The van der Waals surface area contributed by atoms with Crippen molar-refractivity contribution in [3.05, 3.63) is 76.8 Å². The van der Waals surface area contributed by atoms with Crippen LogP contribution in [0.15, 0.2) is 65.8 Å². The van der Waals surface area contributed by atoms with Crippen LogP contribution in [0.1, 0.15) is 11.1 Å². The van der Waals surface area contributed by atoms with Crippen LogP contribution in [0.4, 0.5) is 5.69 Å². The second kappa shape index (κ2) is 6.99. The quantitative estimate of drug-likeness (QED) is 0.414.